The van der Waals surface area contributed by atoms with Gasteiger partial charge in [-0.3, -0.25) is 4.68 Å². The molecule has 1 N–H and O–H groups in total. The average Bonchev–Trinajstić information content (AvgIpc) is 2.94. The molecule has 0 aliphatic carbocycles. The summed E-state index contributed by atoms with van der Waals surface area (Å²) < 4.78 is 2.84. The maximum Gasteiger partial charge on any atom is 0.0931 e. The van der Waals surface area contributed by atoms with E-state index in [1.165, 1.54) is 10.6 Å². The van der Waals surface area contributed by atoms with Crippen LogP contribution in [-0.4, -0.2) is 9.78 Å². The van der Waals surface area contributed by atoms with Gasteiger partial charge in [0.1, 0.15) is 0 Å². The fraction of sp³-hybridized carbons (Fsp3) is 0.417. The fourth-order valence-electron chi connectivity index (χ4n) is 1.71. The van der Waals surface area contributed by atoms with Gasteiger partial charge in [-0.2, -0.15) is 5.10 Å². The zero-order valence-corrected chi connectivity index (χ0v) is 11.6. The van der Waals surface area contributed by atoms with Crippen LogP contribution in [0.2, 0.25) is 4.34 Å². The van der Waals surface area contributed by atoms with Gasteiger partial charge in [-0.1, -0.05) is 11.6 Å². The molecule has 0 spiro atoms. The smallest absolute Gasteiger partial charge is 0.0931 e. The molecular weight excluding hydrogens is 254 g/mol. The minimum absolute atomic E-state index is 0.313. The van der Waals surface area contributed by atoms with E-state index < -0.39 is 0 Å². The molecule has 0 saturated heterocycles. The molecule has 92 valence electrons. The SMILES string of the molecule is CCn1nccc1CNC(C)c1ccc(Cl)s1. The zero-order chi connectivity index (χ0) is 12.3. The van der Waals surface area contributed by atoms with Gasteiger partial charge in [0.25, 0.3) is 0 Å². The number of nitrogens with one attached hydrogen (secondary N) is 1. The van der Waals surface area contributed by atoms with E-state index in [2.05, 4.69) is 30.3 Å². The highest BCUT2D eigenvalue weighted by atomic mass is 35.5. The van der Waals surface area contributed by atoms with Crippen molar-refractivity contribution in [3.8, 4) is 0 Å². The molecule has 0 aliphatic heterocycles. The van der Waals surface area contributed by atoms with Gasteiger partial charge >= 0.3 is 0 Å². The van der Waals surface area contributed by atoms with Crippen molar-refractivity contribution in [2.75, 3.05) is 0 Å². The van der Waals surface area contributed by atoms with Crippen LogP contribution in [-0.2, 0) is 13.1 Å². The molecule has 2 rings (SSSR count). The molecule has 0 fully saturated rings. The average molecular weight is 270 g/mol. The van der Waals surface area contributed by atoms with Gasteiger partial charge in [-0.15, -0.1) is 11.3 Å². The number of hydrogen-bond acceptors (Lipinski definition) is 3. The van der Waals surface area contributed by atoms with E-state index in [1.54, 1.807) is 11.3 Å². The summed E-state index contributed by atoms with van der Waals surface area (Å²) in [6.07, 6.45) is 1.84. The minimum Gasteiger partial charge on any atom is -0.304 e. The fourth-order valence-corrected chi connectivity index (χ4v) is 2.80. The number of aromatic nitrogens is 2. The number of halogens is 1. The summed E-state index contributed by atoms with van der Waals surface area (Å²) in [5.41, 5.74) is 1.21. The Morgan fingerprint density at radius 2 is 2.29 bits per heavy atom. The van der Waals surface area contributed by atoms with E-state index in [0.717, 1.165) is 17.4 Å². The predicted molar refractivity (Wildman–Crippen MR) is 72.5 cm³/mol. The predicted octanol–water partition coefficient (Wildman–Crippen LogP) is 3.47. The van der Waals surface area contributed by atoms with Crippen LogP contribution in [0.25, 0.3) is 0 Å². The molecule has 0 aromatic carbocycles. The van der Waals surface area contributed by atoms with Gasteiger partial charge in [-0.25, -0.2) is 0 Å². The molecule has 0 saturated carbocycles. The topological polar surface area (TPSA) is 29.9 Å². The lowest BCUT2D eigenvalue weighted by molar-refractivity contribution is 0.536. The summed E-state index contributed by atoms with van der Waals surface area (Å²) in [5, 5.41) is 7.73. The molecule has 2 aromatic heterocycles. The summed E-state index contributed by atoms with van der Waals surface area (Å²) in [6.45, 7) is 5.97. The first-order chi connectivity index (χ1) is 8.20. The first-order valence-electron chi connectivity index (χ1n) is 5.70. The maximum atomic E-state index is 5.93. The van der Waals surface area contributed by atoms with Crippen LogP contribution in [0.1, 0.15) is 30.5 Å². The van der Waals surface area contributed by atoms with Crippen LogP contribution in [0.3, 0.4) is 0 Å². The number of thiophene rings is 1. The minimum atomic E-state index is 0.313. The van der Waals surface area contributed by atoms with Gasteiger partial charge in [-0.05, 0) is 32.0 Å². The summed E-state index contributed by atoms with van der Waals surface area (Å²) in [4.78, 5) is 1.26. The lowest BCUT2D eigenvalue weighted by Crippen LogP contribution is -2.19. The Hall–Kier alpha value is -0.840. The number of rotatable bonds is 5. The van der Waals surface area contributed by atoms with Crippen LogP contribution in [0.15, 0.2) is 24.4 Å². The van der Waals surface area contributed by atoms with E-state index >= 15 is 0 Å². The summed E-state index contributed by atoms with van der Waals surface area (Å²) in [7, 11) is 0. The van der Waals surface area contributed by atoms with Crippen molar-refractivity contribution in [2.45, 2.75) is 33.0 Å². The maximum absolute atomic E-state index is 5.93. The molecule has 1 atom stereocenters. The Bertz CT molecular complexity index is 478. The molecule has 0 radical (unpaired) electrons. The second-order valence-corrected chi connectivity index (χ2v) is 5.63. The summed E-state index contributed by atoms with van der Waals surface area (Å²) >= 11 is 7.55. The van der Waals surface area contributed by atoms with Crippen molar-refractivity contribution in [3.05, 3.63) is 39.3 Å². The highest BCUT2D eigenvalue weighted by molar-refractivity contribution is 7.16. The normalized spacial score (nSPS) is 12.9. The van der Waals surface area contributed by atoms with E-state index in [9.17, 15) is 0 Å². The molecule has 2 aromatic rings. The van der Waals surface area contributed by atoms with Crippen molar-refractivity contribution in [1.29, 1.82) is 0 Å². The first-order valence-corrected chi connectivity index (χ1v) is 6.89. The third-order valence-electron chi connectivity index (χ3n) is 2.71. The highest BCUT2D eigenvalue weighted by Crippen LogP contribution is 2.26. The summed E-state index contributed by atoms with van der Waals surface area (Å²) in [6, 6.07) is 6.37. The van der Waals surface area contributed by atoms with Crippen LogP contribution in [0.5, 0.6) is 0 Å². The molecule has 5 heteroatoms. The molecule has 1 unspecified atom stereocenters. The summed E-state index contributed by atoms with van der Waals surface area (Å²) in [5.74, 6) is 0. The van der Waals surface area contributed by atoms with Crippen LogP contribution in [0.4, 0.5) is 0 Å². The molecule has 17 heavy (non-hydrogen) atoms. The Labute approximate surface area is 110 Å². The second kappa shape index (κ2) is 5.67. The standard InChI is InChI=1S/C12H16ClN3S/c1-3-16-10(6-7-15-16)8-14-9(2)11-4-5-12(13)17-11/h4-7,9,14H,3,8H2,1-2H3. The zero-order valence-electron chi connectivity index (χ0n) is 9.98. The first kappa shape index (κ1) is 12.6. The van der Waals surface area contributed by atoms with Crippen LogP contribution < -0.4 is 5.32 Å². The van der Waals surface area contributed by atoms with Gasteiger partial charge < -0.3 is 5.32 Å². The van der Waals surface area contributed by atoms with E-state index in [-0.39, 0.29) is 0 Å². The molecule has 0 aliphatic rings. The van der Waals surface area contributed by atoms with E-state index in [1.807, 2.05) is 23.0 Å². The van der Waals surface area contributed by atoms with Crippen LogP contribution >= 0.6 is 22.9 Å². The third-order valence-corrected chi connectivity index (χ3v) is 4.13. The van der Waals surface area contributed by atoms with Gasteiger partial charge in [0.15, 0.2) is 0 Å². The number of nitrogens with zero attached hydrogens (tertiary/aromatic N) is 2. The van der Waals surface area contributed by atoms with Crippen molar-refractivity contribution in [2.24, 2.45) is 0 Å². The molecule has 0 bridgehead atoms. The Morgan fingerprint density at radius 1 is 1.47 bits per heavy atom. The van der Waals surface area contributed by atoms with E-state index in [4.69, 9.17) is 11.6 Å². The van der Waals surface area contributed by atoms with Gasteiger partial charge in [0.05, 0.1) is 10.0 Å². The number of aryl methyl sites for hydroxylation is 1. The monoisotopic (exact) mass is 269 g/mol. The lowest BCUT2D eigenvalue weighted by Gasteiger charge is -2.12. The largest absolute Gasteiger partial charge is 0.304 e. The highest BCUT2D eigenvalue weighted by Gasteiger charge is 2.08. The Kier molecular flexibility index (Phi) is 4.20. The van der Waals surface area contributed by atoms with Crippen molar-refractivity contribution in [1.82, 2.24) is 15.1 Å². The Balaban J connectivity index is 1.94. The second-order valence-electron chi connectivity index (χ2n) is 3.88. The van der Waals surface area contributed by atoms with Gasteiger partial charge in [0.2, 0.25) is 0 Å². The lowest BCUT2D eigenvalue weighted by atomic mass is 10.2. The molecule has 3 nitrogen and oxygen atoms in total. The van der Waals surface area contributed by atoms with Crippen molar-refractivity contribution >= 4 is 22.9 Å². The molecule has 0 amide bonds. The van der Waals surface area contributed by atoms with E-state index in [0.29, 0.717) is 6.04 Å². The van der Waals surface area contributed by atoms with Gasteiger partial charge in [0, 0.05) is 30.2 Å². The van der Waals surface area contributed by atoms with Crippen molar-refractivity contribution < 1.29 is 0 Å². The van der Waals surface area contributed by atoms with Crippen LogP contribution in [0, 0.1) is 0 Å². The molecular formula is C12H16ClN3S. The van der Waals surface area contributed by atoms with Crippen molar-refractivity contribution in [3.63, 3.8) is 0 Å². The quantitative estimate of drug-likeness (QED) is 0.901. The Morgan fingerprint density at radius 3 is 2.94 bits per heavy atom. The number of hydrogen-bond donors (Lipinski definition) is 1. The third kappa shape index (κ3) is 3.09. The molecule has 2 heterocycles.